The maximum absolute atomic E-state index is 12.1. The van der Waals surface area contributed by atoms with E-state index in [4.69, 9.17) is 16.7 Å². The van der Waals surface area contributed by atoms with Crippen molar-refractivity contribution in [3.8, 4) is 0 Å². The van der Waals surface area contributed by atoms with Gasteiger partial charge in [-0.25, -0.2) is 0 Å². The van der Waals surface area contributed by atoms with Crippen molar-refractivity contribution in [3.63, 3.8) is 0 Å². The van der Waals surface area contributed by atoms with E-state index >= 15 is 0 Å². The van der Waals surface area contributed by atoms with Gasteiger partial charge in [0.15, 0.2) is 0 Å². The van der Waals surface area contributed by atoms with Gasteiger partial charge in [-0.2, -0.15) is 0 Å². The van der Waals surface area contributed by atoms with Crippen molar-refractivity contribution < 1.29 is 9.90 Å². The third kappa shape index (κ3) is 4.20. The van der Waals surface area contributed by atoms with Crippen molar-refractivity contribution in [2.75, 3.05) is 19.7 Å². The first-order chi connectivity index (χ1) is 9.61. The summed E-state index contributed by atoms with van der Waals surface area (Å²) in [6.45, 7) is 2.90. The molecule has 1 aromatic carbocycles. The SMILES string of the molecule is CC(NC(=O)CN(CCO)C1CC1)c1ccccc1Cl. The van der Waals surface area contributed by atoms with Gasteiger partial charge in [0.1, 0.15) is 0 Å². The fraction of sp³-hybridized carbons (Fsp3) is 0.533. The molecule has 1 amide bonds. The van der Waals surface area contributed by atoms with Crippen LogP contribution in [0.2, 0.25) is 5.02 Å². The Morgan fingerprint density at radius 1 is 1.50 bits per heavy atom. The van der Waals surface area contributed by atoms with Crippen LogP contribution in [0.3, 0.4) is 0 Å². The van der Waals surface area contributed by atoms with Gasteiger partial charge >= 0.3 is 0 Å². The summed E-state index contributed by atoms with van der Waals surface area (Å²) in [6, 6.07) is 7.86. The summed E-state index contributed by atoms with van der Waals surface area (Å²) >= 11 is 6.12. The normalized spacial score (nSPS) is 16.2. The molecule has 2 rings (SSSR count). The van der Waals surface area contributed by atoms with E-state index in [1.807, 2.05) is 36.1 Å². The van der Waals surface area contributed by atoms with Gasteiger partial charge in [0.05, 0.1) is 19.2 Å². The zero-order valence-electron chi connectivity index (χ0n) is 11.7. The van der Waals surface area contributed by atoms with Crippen molar-refractivity contribution in [1.29, 1.82) is 0 Å². The van der Waals surface area contributed by atoms with Crippen molar-refractivity contribution in [2.45, 2.75) is 31.8 Å². The molecule has 0 radical (unpaired) electrons. The maximum Gasteiger partial charge on any atom is 0.234 e. The van der Waals surface area contributed by atoms with Gasteiger partial charge in [-0.1, -0.05) is 29.8 Å². The number of nitrogens with one attached hydrogen (secondary N) is 1. The second kappa shape index (κ2) is 7.07. The lowest BCUT2D eigenvalue weighted by atomic mass is 10.1. The molecule has 4 nitrogen and oxygen atoms in total. The Balaban J connectivity index is 1.88. The number of hydrogen-bond donors (Lipinski definition) is 2. The van der Waals surface area contributed by atoms with E-state index in [-0.39, 0.29) is 18.6 Å². The summed E-state index contributed by atoms with van der Waals surface area (Å²) in [5, 5.41) is 12.7. The van der Waals surface area contributed by atoms with Gasteiger partial charge < -0.3 is 10.4 Å². The number of carbonyl (C=O) groups is 1. The number of amides is 1. The van der Waals surface area contributed by atoms with Crippen molar-refractivity contribution >= 4 is 17.5 Å². The first kappa shape index (κ1) is 15.3. The third-order valence-corrected chi connectivity index (χ3v) is 3.89. The van der Waals surface area contributed by atoms with E-state index in [9.17, 15) is 4.79 Å². The summed E-state index contributed by atoms with van der Waals surface area (Å²) < 4.78 is 0. The molecular weight excluding hydrogens is 276 g/mol. The first-order valence-electron chi connectivity index (χ1n) is 7.00. The topological polar surface area (TPSA) is 52.6 Å². The van der Waals surface area contributed by atoms with E-state index in [1.165, 1.54) is 0 Å². The standard InChI is InChI=1S/C15H21ClN2O2/c1-11(13-4-2-3-5-14(13)16)17-15(20)10-18(8-9-19)12-6-7-12/h2-5,11-12,19H,6-10H2,1H3,(H,17,20). The van der Waals surface area contributed by atoms with Crippen LogP contribution in [-0.2, 0) is 4.79 Å². The summed E-state index contributed by atoms with van der Waals surface area (Å²) in [7, 11) is 0. The minimum Gasteiger partial charge on any atom is -0.395 e. The molecule has 110 valence electrons. The van der Waals surface area contributed by atoms with Gasteiger partial charge in [-0.05, 0) is 31.4 Å². The molecule has 1 aromatic rings. The van der Waals surface area contributed by atoms with Crippen molar-refractivity contribution in [1.82, 2.24) is 10.2 Å². The lowest BCUT2D eigenvalue weighted by Gasteiger charge is -2.22. The zero-order valence-corrected chi connectivity index (χ0v) is 12.4. The Hall–Kier alpha value is -1.10. The molecule has 0 heterocycles. The Morgan fingerprint density at radius 2 is 2.20 bits per heavy atom. The predicted molar refractivity (Wildman–Crippen MR) is 79.7 cm³/mol. The zero-order chi connectivity index (χ0) is 14.5. The number of carbonyl (C=O) groups excluding carboxylic acids is 1. The molecule has 5 heteroatoms. The number of nitrogens with zero attached hydrogens (tertiary/aromatic N) is 1. The highest BCUT2D eigenvalue weighted by Gasteiger charge is 2.30. The second-order valence-electron chi connectivity index (χ2n) is 5.24. The predicted octanol–water partition coefficient (Wildman–Crippen LogP) is 1.97. The second-order valence-corrected chi connectivity index (χ2v) is 5.64. The van der Waals surface area contributed by atoms with Gasteiger partial charge in [-0.3, -0.25) is 9.69 Å². The van der Waals surface area contributed by atoms with Crippen LogP contribution in [0.5, 0.6) is 0 Å². The molecule has 0 saturated heterocycles. The van der Waals surface area contributed by atoms with Crippen LogP contribution >= 0.6 is 11.6 Å². The number of benzene rings is 1. The molecule has 1 aliphatic carbocycles. The highest BCUT2D eigenvalue weighted by atomic mass is 35.5. The molecule has 2 N–H and O–H groups in total. The van der Waals surface area contributed by atoms with Crippen LogP contribution in [0.4, 0.5) is 0 Å². The van der Waals surface area contributed by atoms with Crippen molar-refractivity contribution in [3.05, 3.63) is 34.9 Å². The fourth-order valence-corrected chi connectivity index (χ4v) is 2.63. The molecule has 1 fully saturated rings. The van der Waals surface area contributed by atoms with Gasteiger partial charge in [-0.15, -0.1) is 0 Å². The Bertz CT molecular complexity index is 463. The van der Waals surface area contributed by atoms with E-state index in [0.29, 0.717) is 24.2 Å². The average molecular weight is 297 g/mol. The fourth-order valence-electron chi connectivity index (χ4n) is 2.33. The highest BCUT2D eigenvalue weighted by molar-refractivity contribution is 6.31. The molecule has 1 saturated carbocycles. The minimum atomic E-state index is -0.119. The van der Waals surface area contributed by atoms with Crippen molar-refractivity contribution in [2.24, 2.45) is 0 Å². The van der Waals surface area contributed by atoms with Crippen LogP contribution in [0, 0.1) is 0 Å². The third-order valence-electron chi connectivity index (χ3n) is 3.55. The number of halogens is 1. The first-order valence-corrected chi connectivity index (χ1v) is 7.38. The van der Waals surface area contributed by atoms with E-state index in [0.717, 1.165) is 18.4 Å². The monoisotopic (exact) mass is 296 g/mol. The van der Waals surface area contributed by atoms with E-state index < -0.39 is 0 Å². The number of aliphatic hydroxyl groups excluding tert-OH is 1. The molecular formula is C15H21ClN2O2. The molecule has 1 atom stereocenters. The summed E-state index contributed by atoms with van der Waals surface area (Å²) in [5.41, 5.74) is 0.919. The summed E-state index contributed by atoms with van der Waals surface area (Å²) in [5.74, 6) is -0.0298. The number of hydrogen-bond acceptors (Lipinski definition) is 3. The van der Waals surface area contributed by atoms with Crippen LogP contribution < -0.4 is 5.32 Å². The highest BCUT2D eigenvalue weighted by Crippen LogP contribution is 2.26. The lowest BCUT2D eigenvalue weighted by molar-refractivity contribution is -0.123. The quantitative estimate of drug-likeness (QED) is 0.809. The van der Waals surface area contributed by atoms with Gasteiger partial charge in [0.25, 0.3) is 0 Å². The summed E-state index contributed by atoms with van der Waals surface area (Å²) in [6.07, 6.45) is 2.24. The maximum atomic E-state index is 12.1. The van der Waals surface area contributed by atoms with Crippen LogP contribution in [0.15, 0.2) is 24.3 Å². The average Bonchev–Trinajstić information content (AvgIpc) is 3.22. The van der Waals surface area contributed by atoms with Gasteiger partial charge in [0.2, 0.25) is 5.91 Å². The van der Waals surface area contributed by atoms with Crippen LogP contribution in [-0.4, -0.2) is 41.7 Å². The molecule has 0 aromatic heterocycles. The number of aliphatic hydroxyl groups is 1. The molecule has 0 spiro atoms. The van der Waals surface area contributed by atoms with E-state index in [1.54, 1.807) is 0 Å². The molecule has 1 aliphatic rings. The molecule has 0 bridgehead atoms. The Labute approximate surface area is 124 Å². The van der Waals surface area contributed by atoms with Crippen LogP contribution in [0.25, 0.3) is 0 Å². The van der Waals surface area contributed by atoms with Gasteiger partial charge in [0, 0.05) is 17.6 Å². The van der Waals surface area contributed by atoms with E-state index in [2.05, 4.69) is 5.32 Å². The smallest absolute Gasteiger partial charge is 0.234 e. The largest absolute Gasteiger partial charge is 0.395 e. The Morgan fingerprint density at radius 3 is 2.80 bits per heavy atom. The van der Waals surface area contributed by atoms with Crippen LogP contribution in [0.1, 0.15) is 31.4 Å². The molecule has 20 heavy (non-hydrogen) atoms. The summed E-state index contributed by atoms with van der Waals surface area (Å²) in [4.78, 5) is 14.1. The Kier molecular flexibility index (Phi) is 5.40. The molecule has 1 unspecified atom stereocenters. The minimum absolute atomic E-state index is 0.0298. The lowest BCUT2D eigenvalue weighted by Crippen LogP contribution is -2.40. The molecule has 0 aliphatic heterocycles. The number of rotatable bonds is 7.